The van der Waals surface area contributed by atoms with Crippen LogP contribution in [-0.4, -0.2) is 40.9 Å². The molecule has 0 aromatic carbocycles. The molecule has 1 saturated heterocycles. The molecule has 6 heteroatoms. The summed E-state index contributed by atoms with van der Waals surface area (Å²) in [6, 6.07) is 2.20. The summed E-state index contributed by atoms with van der Waals surface area (Å²) in [5, 5.41) is 4.36. The molecule has 1 fully saturated rings. The highest BCUT2D eigenvalue weighted by atomic mass is 32.1. The largest absolute Gasteiger partial charge is 0.299 e. The first-order chi connectivity index (χ1) is 12.0. The van der Waals surface area contributed by atoms with Crippen LogP contribution in [0.1, 0.15) is 42.4 Å². The van der Waals surface area contributed by atoms with Crippen LogP contribution < -0.4 is 4.90 Å². The molecule has 2 aromatic rings. The number of thiophene rings is 1. The van der Waals surface area contributed by atoms with Crippen molar-refractivity contribution in [3.05, 3.63) is 39.5 Å². The first-order valence-corrected chi connectivity index (χ1v) is 9.78. The Morgan fingerprint density at radius 2 is 2.20 bits per heavy atom. The van der Waals surface area contributed by atoms with Crippen molar-refractivity contribution < 1.29 is 4.79 Å². The van der Waals surface area contributed by atoms with Crippen molar-refractivity contribution in [3.63, 3.8) is 0 Å². The predicted molar refractivity (Wildman–Crippen MR) is 100 cm³/mol. The molecule has 0 N–H and O–H groups in total. The number of amides is 1. The molecular formula is C19H24N4OS. The van der Waals surface area contributed by atoms with E-state index in [2.05, 4.69) is 28.7 Å². The molecule has 4 rings (SSSR count). The number of anilines is 1. The lowest BCUT2D eigenvalue weighted by Gasteiger charge is -2.39. The zero-order valence-electron chi connectivity index (χ0n) is 15.1. The molecule has 2 aromatic heterocycles. The molecule has 132 valence electrons. The van der Waals surface area contributed by atoms with Crippen LogP contribution >= 0.6 is 11.3 Å². The van der Waals surface area contributed by atoms with Crippen LogP contribution in [0, 0.1) is 6.92 Å². The van der Waals surface area contributed by atoms with E-state index in [0.29, 0.717) is 6.42 Å². The number of aromatic nitrogens is 2. The summed E-state index contributed by atoms with van der Waals surface area (Å²) < 4.78 is 0. The zero-order valence-corrected chi connectivity index (χ0v) is 15.9. The van der Waals surface area contributed by atoms with E-state index in [9.17, 15) is 4.79 Å². The summed E-state index contributed by atoms with van der Waals surface area (Å²) in [6.07, 6.45) is 2.66. The van der Waals surface area contributed by atoms with Crippen LogP contribution in [0.3, 0.4) is 0 Å². The van der Waals surface area contributed by atoms with E-state index in [4.69, 9.17) is 9.97 Å². The lowest BCUT2D eigenvalue weighted by Crippen LogP contribution is -2.45. The third-order valence-electron chi connectivity index (χ3n) is 5.51. The molecule has 4 heterocycles. The number of nitrogens with zero attached hydrogens (tertiary/aromatic N) is 4. The fraction of sp³-hybridized carbons (Fsp3) is 0.526. The van der Waals surface area contributed by atoms with Crippen LogP contribution in [0.25, 0.3) is 0 Å². The van der Waals surface area contributed by atoms with Gasteiger partial charge in [-0.2, -0.15) is 11.3 Å². The normalized spacial score (nSPS) is 24.0. The van der Waals surface area contributed by atoms with Gasteiger partial charge in [-0.15, -0.1) is 0 Å². The average Bonchev–Trinajstić information content (AvgIpc) is 3.18. The molecule has 0 unspecified atom stereocenters. The van der Waals surface area contributed by atoms with Gasteiger partial charge in [-0.25, -0.2) is 9.97 Å². The minimum absolute atomic E-state index is 0.0689. The maximum absolute atomic E-state index is 12.0. The first-order valence-electron chi connectivity index (χ1n) is 8.84. The van der Waals surface area contributed by atoms with Gasteiger partial charge in [0.25, 0.3) is 0 Å². The lowest BCUT2D eigenvalue weighted by atomic mass is 9.80. The number of fused-ring (bicyclic) bond motifs is 1. The predicted octanol–water partition coefficient (Wildman–Crippen LogP) is 2.92. The lowest BCUT2D eigenvalue weighted by molar-refractivity contribution is -0.117. The van der Waals surface area contributed by atoms with Crippen LogP contribution in [0.2, 0.25) is 0 Å². The van der Waals surface area contributed by atoms with Gasteiger partial charge < -0.3 is 0 Å². The second-order valence-electron chi connectivity index (χ2n) is 7.57. The monoisotopic (exact) mass is 356 g/mol. The first kappa shape index (κ1) is 16.7. The molecule has 25 heavy (non-hydrogen) atoms. The molecule has 5 nitrogen and oxygen atoms in total. The molecule has 0 bridgehead atoms. The van der Waals surface area contributed by atoms with Gasteiger partial charge in [-0.3, -0.25) is 14.6 Å². The number of carbonyl (C=O) groups is 1. The summed E-state index contributed by atoms with van der Waals surface area (Å²) in [5.41, 5.74) is 3.26. The number of rotatable bonds is 3. The van der Waals surface area contributed by atoms with Crippen molar-refractivity contribution in [2.75, 3.05) is 25.0 Å². The fourth-order valence-corrected chi connectivity index (χ4v) is 4.69. The Kier molecular flexibility index (Phi) is 4.12. The van der Waals surface area contributed by atoms with E-state index < -0.39 is 0 Å². The van der Waals surface area contributed by atoms with Gasteiger partial charge in [-0.1, -0.05) is 6.92 Å². The van der Waals surface area contributed by atoms with Gasteiger partial charge in [0.15, 0.2) is 0 Å². The summed E-state index contributed by atoms with van der Waals surface area (Å²) in [5.74, 6) is 1.81. The Hall–Kier alpha value is -1.79. The van der Waals surface area contributed by atoms with Gasteiger partial charge >= 0.3 is 0 Å². The molecule has 2 aliphatic heterocycles. The molecule has 2 aliphatic rings. The van der Waals surface area contributed by atoms with Crippen LogP contribution in [0.5, 0.6) is 0 Å². The minimum atomic E-state index is -0.0689. The topological polar surface area (TPSA) is 49.3 Å². The maximum Gasteiger partial charge on any atom is 0.232 e. The number of aryl methyl sites for hydroxylation is 1. The second kappa shape index (κ2) is 6.18. The highest BCUT2D eigenvalue weighted by Crippen LogP contribution is 2.36. The van der Waals surface area contributed by atoms with Crippen molar-refractivity contribution in [2.24, 2.45) is 0 Å². The zero-order chi connectivity index (χ0) is 17.6. The molecule has 0 radical (unpaired) electrons. The van der Waals surface area contributed by atoms with Crippen molar-refractivity contribution in [2.45, 2.75) is 45.1 Å². The van der Waals surface area contributed by atoms with Crippen molar-refractivity contribution in [1.82, 2.24) is 14.9 Å². The smallest absolute Gasteiger partial charge is 0.232 e. The van der Waals surface area contributed by atoms with Crippen molar-refractivity contribution in [1.29, 1.82) is 0 Å². The summed E-state index contributed by atoms with van der Waals surface area (Å²) in [6.45, 7) is 7.34. The van der Waals surface area contributed by atoms with E-state index in [0.717, 1.165) is 55.4 Å². The Bertz CT molecular complexity index is 804. The minimum Gasteiger partial charge on any atom is -0.299 e. The molecule has 0 saturated carbocycles. The average molecular weight is 356 g/mol. The van der Waals surface area contributed by atoms with Crippen molar-refractivity contribution >= 4 is 23.1 Å². The van der Waals surface area contributed by atoms with Crippen molar-refractivity contribution in [3.8, 4) is 0 Å². The quantitative estimate of drug-likeness (QED) is 0.848. The summed E-state index contributed by atoms with van der Waals surface area (Å²) >= 11 is 1.75. The SMILES string of the molecule is Cc1nc([C@]2(C)CCCN(Cc3ccsc3)C2)nc2c1CC(=O)N2C. The van der Waals surface area contributed by atoms with Gasteiger partial charge in [0.2, 0.25) is 5.91 Å². The van der Waals surface area contributed by atoms with Gasteiger partial charge in [0, 0.05) is 36.8 Å². The maximum atomic E-state index is 12.0. The molecular weight excluding hydrogens is 332 g/mol. The molecule has 1 atom stereocenters. The Morgan fingerprint density at radius 3 is 2.96 bits per heavy atom. The number of carbonyl (C=O) groups excluding carboxylic acids is 1. The fourth-order valence-electron chi connectivity index (χ4n) is 4.03. The Morgan fingerprint density at radius 1 is 1.36 bits per heavy atom. The number of piperidine rings is 1. The number of hydrogen-bond donors (Lipinski definition) is 0. The number of hydrogen-bond acceptors (Lipinski definition) is 5. The number of likely N-dealkylation sites (N-methyl/N-ethyl adjacent to an activating group) is 1. The van der Waals surface area contributed by atoms with E-state index >= 15 is 0 Å². The Labute approximate surface area is 152 Å². The van der Waals surface area contributed by atoms with Crippen LogP contribution in [0.15, 0.2) is 16.8 Å². The molecule has 1 amide bonds. The van der Waals surface area contributed by atoms with E-state index in [1.54, 1.807) is 16.2 Å². The van der Waals surface area contributed by atoms with E-state index in [-0.39, 0.29) is 11.3 Å². The third-order valence-corrected chi connectivity index (χ3v) is 6.25. The second-order valence-corrected chi connectivity index (χ2v) is 8.35. The van der Waals surface area contributed by atoms with E-state index in [1.807, 2.05) is 14.0 Å². The van der Waals surface area contributed by atoms with Gasteiger partial charge in [-0.05, 0) is 48.7 Å². The molecule has 0 aliphatic carbocycles. The summed E-state index contributed by atoms with van der Waals surface area (Å²) in [7, 11) is 1.82. The van der Waals surface area contributed by atoms with Gasteiger partial charge in [0.1, 0.15) is 11.6 Å². The van der Waals surface area contributed by atoms with Crippen LogP contribution in [-0.2, 0) is 23.2 Å². The Balaban J connectivity index is 1.62. The standard InChI is InChI=1S/C19H24N4OS/c1-13-15-9-16(24)22(3)17(15)21-18(20-13)19(2)6-4-7-23(12-19)10-14-5-8-25-11-14/h5,8,11H,4,6-7,9-10,12H2,1-3H3/t19-/m1/s1. The number of likely N-dealkylation sites (tertiary alicyclic amines) is 1. The van der Waals surface area contributed by atoms with Crippen LogP contribution in [0.4, 0.5) is 5.82 Å². The van der Waals surface area contributed by atoms with Gasteiger partial charge in [0.05, 0.1) is 6.42 Å². The highest BCUT2D eigenvalue weighted by molar-refractivity contribution is 7.07. The molecule has 0 spiro atoms. The van der Waals surface area contributed by atoms with E-state index in [1.165, 1.54) is 5.56 Å². The highest BCUT2D eigenvalue weighted by Gasteiger charge is 2.38. The third kappa shape index (κ3) is 2.98. The summed E-state index contributed by atoms with van der Waals surface area (Å²) in [4.78, 5) is 25.9.